The minimum absolute atomic E-state index is 0.608. The predicted molar refractivity (Wildman–Crippen MR) is 100 cm³/mol. The van der Waals surface area contributed by atoms with E-state index in [4.69, 9.17) is 4.98 Å². The van der Waals surface area contributed by atoms with Gasteiger partial charge >= 0.3 is 0 Å². The van der Waals surface area contributed by atoms with Crippen molar-refractivity contribution in [2.24, 2.45) is 0 Å². The second-order valence-corrected chi connectivity index (χ2v) is 8.53. The van der Waals surface area contributed by atoms with Crippen LogP contribution >= 0.6 is 11.8 Å². The quantitative estimate of drug-likeness (QED) is 0.651. The first-order chi connectivity index (χ1) is 11.4. The molecule has 1 aliphatic heterocycles. The van der Waals surface area contributed by atoms with Crippen LogP contribution in [0, 0.1) is 0 Å². The van der Waals surface area contributed by atoms with E-state index in [0.29, 0.717) is 6.04 Å². The van der Waals surface area contributed by atoms with Crippen molar-refractivity contribution in [2.75, 3.05) is 13.1 Å². The third kappa shape index (κ3) is 4.96. The lowest BCUT2D eigenvalue weighted by molar-refractivity contribution is 0.146. The number of piperidine rings is 1. The van der Waals surface area contributed by atoms with Gasteiger partial charge in [0.25, 0.3) is 0 Å². The van der Waals surface area contributed by atoms with Crippen molar-refractivity contribution in [1.82, 2.24) is 9.88 Å². The van der Waals surface area contributed by atoms with Gasteiger partial charge in [-0.25, -0.2) is 4.98 Å². The molecule has 2 fully saturated rings. The molecule has 0 radical (unpaired) electrons. The number of likely N-dealkylation sites (tertiary alicyclic amines) is 1. The molecule has 2 nitrogen and oxygen atoms in total. The number of rotatable bonds is 6. The van der Waals surface area contributed by atoms with Crippen LogP contribution in [0.2, 0.25) is 0 Å². The molecule has 0 unspecified atom stereocenters. The van der Waals surface area contributed by atoms with Crippen LogP contribution < -0.4 is 0 Å². The van der Waals surface area contributed by atoms with E-state index in [1.165, 1.54) is 87.9 Å². The molecule has 2 heterocycles. The number of pyridine rings is 1. The zero-order valence-electron chi connectivity index (χ0n) is 14.7. The largest absolute Gasteiger partial charge is 0.296 e. The van der Waals surface area contributed by atoms with Crippen LogP contribution in [0.1, 0.15) is 82.7 Å². The van der Waals surface area contributed by atoms with Crippen LogP contribution in [0.15, 0.2) is 23.4 Å². The minimum Gasteiger partial charge on any atom is -0.296 e. The van der Waals surface area contributed by atoms with Gasteiger partial charge < -0.3 is 0 Å². The number of nitrogens with zero attached hydrogens (tertiary/aromatic N) is 2. The zero-order chi connectivity index (χ0) is 15.9. The van der Waals surface area contributed by atoms with Gasteiger partial charge in [0.1, 0.15) is 0 Å². The number of hydrogen-bond acceptors (Lipinski definition) is 3. The second-order valence-electron chi connectivity index (χ2n) is 7.21. The highest BCUT2D eigenvalue weighted by atomic mass is 32.2. The smallest absolute Gasteiger partial charge is 0.0962 e. The van der Waals surface area contributed by atoms with Crippen molar-refractivity contribution in [3.63, 3.8) is 0 Å². The number of hydrogen-bond donors (Lipinski definition) is 0. The van der Waals surface area contributed by atoms with E-state index in [1.807, 2.05) is 11.8 Å². The summed E-state index contributed by atoms with van der Waals surface area (Å²) in [5.74, 6) is 0. The summed E-state index contributed by atoms with van der Waals surface area (Å²) in [4.78, 5) is 7.49. The van der Waals surface area contributed by atoms with Gasteiger partial charge in [-0.3, -0.25) is 4.90 Å². The molecule has 128 valence electrons. The van der Waals surface area contributed by atoms with Crippen LogP contribution in [-0.4, -0.2) is 28.2 Å². The summed E-state index contributed by atoms with van der Waals surface area (Å²) in [5, 5.41) is 2.04. The van der Waals surface area contributed by atoms with Crippen molar-refractivity contribution in [1.29, 1.82) is 0 Å². The third-order valence-corrected chi connectivity index (χ3v) is 6.68. The van der Waals surface area contributed by atoms with Gasteiger partial charge in [0.2, 0.25) is 0 Å². The first-order valence-corrected chi connectivity index (χ1v) is 10.6. The van der Waals surface area contributed by atoms with Crippen LogP contribution in [0.25, 0.3) is 0 Å². The van der Waals surface area contributed by atoms with Crippen molar-refractivity contribution in [3.8, 4) is 0 Å². The predicted octanol–water partition coefficient (Wildman–Crippen LogP) is 5.83. The molecule has 1 atom stereocenters. The normalized spacial score (nSPS) is 24.0. The summed E-state index contributed by atoms with van der Waals surface area (Å²) in [6.45, 7) is 4.81. The maximum Gasteiger partial charge on any atom is 0.0962 e. The first kappa shape index (κ1) is 17.3. The molecule has 1 aromatic rings. The van der Waals surface area contributed by atoms with E-state index < -0.39 is 0 Å². The highest BCUT2D eigenvalue weighted by molar-refractivity contribution is 7.99. The number of thioether (sulfide) groups is 1. The van der Waals surface area contributed by atoms with Crippen molar-refractivity contribution in [3.05, 3.63) is 23.9 Å². The molecule has 0 N–H and O–H groups in total. The van der Waals surface area contributed by atoms with Gasteiger partial charge in [0.15, 0.2) is 0 Å². The molecule has 1 aliphatic carbocycles. The van der Waals surface area contributed by atoms with Crippen molar-refractivity contribution >= 4 is 11.8 Å². The SMILES string of the molecule is CCCCN1CCCC[C@H]1c1ccc(SC2CCCCC2)nc1. The maximum absolute atomic E-state index is 4.80. The molecule has 3 rings (SSSR count). The molecule has 3 heteroatoms. The van der Waals surface area contributed by atoms with Crippen LogP contribution in [0.5, 0.6) is 0 Å². The molecule has 1 saturated heterocycles. The molecule has 1 aromatic heterocycles. The lowest BCUT2D eigenvalue weighted by atomic mass is 9.96. The fraction of sp³-hybridized carbons (Fsp3) is 0.750. The molecule has 0 spiro atoms. The Hall–Kier alpha value is -0.540. The Kier molecular flexibility index (Phi) is 6.82. The molecule has 23 heavy (non-hydrogen) atoms. The minimum atomic E-state index is 0.608. The second kappa shape index (κ2) is 9.08. The first-order valence-electron chi connectivity index (χ1n) is 9.73. The van der Waals surface area contributed by atoms with Crippen LogP contribution in [0.3, 0.4) is 0 Å². The summed E-state index contributed by atoms with van der Waals surface area (Å²) in [6.07, 6.45) is 15.8. The van der Waals surface area contributed by atoms with Gasteiger partial charge in [0, 0.05) is 17.5 Å². The van der Waals surface area contributed by atoms with E-state index in [2.05, 4.69) is 30.2 Å². The summed E-state index contributed by atoms with van der Waals surface area (Å²) in [7, 11) is 0. The van der Waals surface area contributed by atoms with Crippen LogP contribution in [-0.2, 0) is 0 Å². The average molecular weight is 333 g/mol. The Morgan fingerprint density at radius 2 is 1.91 bits per heavy atom. The lowest BCUT2D eigenvalue weighted by Gasteiger charge is -2.36. The van der Waals surface area contributed by atoms with Crippen molar-refractivity contribution < 1.29 is 0 Å². The monoisotopic (exact) mass is 332 g/mol. The highest BCUT2D eigenvalue weighted by Gasteiger charge is 2.23. The van der Waals surface area contributed by atoms with Gasteiger partial charge in [-0.05, 0) is 56.8 Å². The number of aromatic nitrogens is 1. The zero-order valence-corrected chi connectivity index (χ0v) is 15.5. The van der Waals surface area contributed by atoms with E-state index in [0.717, 1.165) is 5.25 Å². The fourth-order valence-electron chi connectivity index (χ4n) is 4.01. The van der Waals surface area contributed by atoms with Crippen LogP contribution in [0.4, 0.5) is 0 Å². The average Bonchev–Trinajstić information content (AvgIpc) is 2.62. The molecule has 2 aliphatic rings. The Balaban J connectivity index is 1.60. The molecule has 1 saturated carbocycles. The van der Waals surface area contributed by atoms with E-state index >= 15 is 0 Å². The fourth-order valence-corrected chi connectivity index (χ4v) is 5.18. The van der Waals surface area contributed by atoms with E-state index in [1.54, 1.807) is 0 Å². The standard InChI is InChI=1S/C20H32N2S/c1-2-3-14-22-15-8-7-11-19(22)17-12-13-20(21-16-17)23-18-9-5-4-6-10-18/h12-13,16,18-19H,2-11,14-15H2,1H3/t19-/m0/s1. The lowest BCUT2D eigenvalue weighted by Crippen LogP contribution is -2.34. The molecule has 0 aromatic carbocycles. The summed E-state index contributed by atoms with van der Waals surface area (Å²) < 4.78 is 0. The third-order valence-electron chi connectivity index (χ3n) is 5.40. The van der Waals surface area contributed by atoms with Gasteiger partial charge in [0.05, 0.1) is 5.03 Å². The Bertz CT molecular complexity index is 453. The summed E-state index contributed by atoms with van der Waals surface area (Å²) in [5.41, 5.74) is 1.44. The summed E-state index contributed by atoms with van der Waals surface area (Å²) in [6, 6.07) is 5.24. The Labute approximate surface area is 146 Å². The van der Waals surface area contributed by atoms with E-state index in [-0.39, 0.29) is 0 Å². The molecular formula is C20H32N2S. The Morgan fingerprint density at radius 3 is 2.65 bits per heavy atom. The molecular weight excluding hydrogens is 300 g/mol. The number of unbranched alkanes of at least 4 members (excludes halogenated alkanes) is 1. The van der Waals surface area contributed by atoms with Gasteiger partial charge in [-0.1, -0.05) is 45.1 Å². The molecule has 0 amide bonds. The Morgan fingerprint density at radius 1 is 1.09 bits per heavy atom. The van der Waals surface area contributed by atoms with E-state index in [9.17, 15) is 0 Å². The topological polar surface area (TPSA) is 16.1 Å². The van der Waals surface area contributed by atoms with Gasteiger partial charge in [-0.15, -0.1) is 11.8 Å². The van der Waals surface area contributed by atoms with Crippen molar-refractivity contribution in [2.45, 2.75) is 87.4 Å². The maximum atomic E-state index is 4.80. The van der Waals surface area contributed by atoms with Gasteiger partial charge in [-0.2, -0.15) is 0 Å². The molecule has 0 bridgehead atoms. The highest BCUT2D eigenvalue weighted by Crippen LogP contribution is 2.34. The summed E-state index contributed by atoms with van der Waals surface area (Å²) >= 11 is 2.01.